The van der Waals surface area contributed by atoms with E-state index in [1.165, 1.54) is 5.56 Å². The van der Waals surface area contributed by atoms with Crippen LogP contribution in [0.3, 0.4) is 0 Å². The molecule has 0 spiro atoms. The fourth-order valence-electron chi connectivity index (χ4n) is 0.978. The van der Waals surface area contributed by atoms with Crippen LogP contribution in [0.5, 0.6) is 0 Å². The second-order valence-electron chi connectivity index (χ2n) is 2.90. The zero-order valence-electron chi connectivity index (χ0n) is 7.79. The summed E-state index contributed by atoms with van der Waals surface area (Å²) in [5.74, 6) is -0.128. The number of hydrogen-bond donors (Lipinski definition) is 1. The Balaban J connectivity index is 2.57. The predicted molar refractivity (Wildman–Crippen MR) is 61.9 cm³/mol. The molecule has 0 unspecified atom stereocenters. The van der Waals surface area contributed by atoms with Crippen molar-refractivity contribution in [1.82, 2.24) is 0 Å². The van der Waals surface area contributed by atoms with Gasteiger partial charge in [-0.2, -0.15) is 0 Å². The van der Waals surface area contributed by atoms with Gasteiger partial charge in [0.15, 0.2) is 0 Å². The zero-order chi connectivity index (χ0) is 10.6. The summed E-state index contributed by atoms with van der Waals surface area (Å²) in [4.78, 5) is 11.5. The first-order valence-corrected chi connectivity index (χ1v) is 5.98. The predicted octanol–water partition coefficient (Wildman–Crippen LogP) is 3.32. The molecule has 0 aliphatic heterocycles. The minimum absolute atomic E-state index is 0.205. The Hall–Kier alpha value is -0.480. The topological polar surface area (TPSA) is 37.3 Å². The van der Waals surface area contributed by atoms with E-state index in [4.69, 9.17) is 5.11 Å². The lowest BCUT2D eigenvalue weighted by Gasteiger charge is -2.04. The van der Waals surface area contributed by atoms with Crippen LogP contribution in [0.2, 0.25) is 0 Å². The average molecular weight is 275 g/mol. The van der Waals surface area contributed by atoms with Crippen molar-refractivity contribution in [2.45, 2.75) is 18.2 Å². The van der Waals surface area contributed by atoms with Gasteiger partial charge in [0.2, 0.25) is 0 Å². The molecule has 0 fully saturated rings. The second-order valence-corrected chi connectivity index (χ2v) is 4.95. The fourth-order valence-corrected chi connectivity index (χ4v) is 2.49. The lowest BCUT2D eigenvalue weighted by molar-refractivity contribution is -0.136. The second kappa shape index (κ2) is 5.41. The number of rotatable bonds is 4. The van der Waals surface area contributed by atoms with E-state index >= 15 is 0 Å². The van der Waals surface area contributed by atoms with Crippen LogP contribution in [-0.2, 0) is 4.79 Å². The van der Waals surface area contributed by atoms with Crippen molar-refractivity contribution >= 4 is 33.7 Å². The van der Waals surface area contributed by atoms with Gasteiger partial charge < -0.3 is 5.11 Å². The molecule has 0 aliphatic carbocycles. The fraction of sp³-hybridized carbons (Fsp3) is 0.300. The highest BCUT2D eigenvalue weighted by atomic mass is 79.9. The molecule has 2 nitrogen and oxygen atoms in total. The van der Waals surface area contributed by atoms with Crippen LogP contribution in [-0.4, -0.2) is 16.8 Å². The Morgan fingerprint density at radius 3 is 2.93 bits per heavy atom. The zero-order valence-corrected chi connectivity index (χ0v) is 10.2. The number of thioether (sulfide) groups is 1. The van der Waals surface area contributed by atoms with Gasteiger partial charge in [-0.05, 0) is 24.6 Å². The normalized spacial score (nSPS) is 10.1. The first-order valence-electron chi connectivity index (χ1n) is 4.20. The maximum absolute atomic E-state index is 10.3. The van der Waals surface area contributed by atoms with Gasteiger partial charge in [0.05, 0.1) is 6.42 Å². The molecule has 0 atom stereocenters. The number of aliphatic carboxylic acids is 1. The van der Waals surface area contributed by atoms with Crippen LogP contribution in [0.4, 0.5) is 0 Å². The van der Waals surface area contributed by atoms with Crippen molar-refractivity contribution in [3.8, 4) is 0 Å². The molecule has 76 valence electrons. The van der Waals surface area contributed by atoms with E-state index < -0.39 is 5.97 Å². The van der Waals surface area contributed by atoms with Gasteiger partial charge >= 0.3 is 5.97 Å². The number of carbonyl (C=O) groups is 1. The average Bonchev–Trinajstić information content (AvgIpc) is 2.10. The molecule has 0 saturated heterocycles. The third-order valence-electron chi connectivity index (χ3n) is 1.72. The van der Waals surface area contributed by atoms with E-state index in [-0.39, 0.29) is 6.42 Å². The molecule has 0 radical (unpaired) electrons. The SMILES string of the molecule is Cc1ccc(Br)cc1SCCC(=O)O. The van der Waals surface area contributed by atoms with Gasteiger partial charge in [0.25, 0.3) is 0 Å². The minimum Gasteiger partial charge on any atom is -0.481 e. The van der Waals surface area contributed by atoms with Gasteiger partial charge in [-0.3, -0.25) is 4.79 Å². The molecular weight excluding hydrogens is 264 g/mol. The Bertz CT molecular complexity index is 339. The summed E-state index contributed by atoms with van der Waals surface area (Å²) in [6.07, 6.45) is 0.205. The molecule has 0 saturated carbocycles. The molecule has 1 aromatic carbocycles. The van der Waals surface area contributed by atoms with E-state index in [0.717, 1.165) is 9.37 Å². The van der Waals surface area contributed by atoms with Crippen LogP contribution in [0.15, 0.2) is 27.6 Å². The molecule has 0 aliphatic rings. The van der Waals surface area contributed by atoms with Crippen LogP contribution in [0.1, 0.15) is 12.0 Å². The summed E-state index contributed by atoms with van der Waals surface area (Å²) in [6.45, 7) is 2.02. The summed E-state index contributed by atoms with van der Waals surface area (Å²) < 4.78 is 1.03. The third kappa shape index (κ3) is 3.72. The molecule has 0 amide bonds. The van der Waals surface area contributed by atoms with Crippen molar-refractivity contribution in [3.63, 3.8) is 0 Å². The van der Waals surface area contributed by atoms with Crippen LogP contribution in [0.25, 0.3) is 0 Å². The summed E-state index contributed by atoms with van der Waals surface area (Å²) in [7, 11) is 0. The number of halogens is 1. The lowest BCUT2D eigenvalue weighted by Crippen LogP contribution is -1.96. The number of aryl methyl sites for hydroxylation is 1. The maximum Gasteiger partial charge on any atom is 0.304 e. The van der Waals surface area contributed by atoms with Crippen molar-refractivity contribution in [2.75, 3.05) is 5.75 Å². The Kier molecular flexibility index (Phi) is 4.48. The first kappa shape index (κ1) is 11.6. The molecular formula is C10H11BrO2S. The lowest BCUT2D eigenvalue weighted by atomic mass is 10.2. The summed E-state index contributed by atoms with van der Waals surface area (Å²) >= 11 is 4.97. The van der Waals surface area contributed by atoms with Gasteiger partial charge in [-0.15, -0.1) is 11.8 Å². The number of carboxylic acids is 1. The molecule has 0 heterocycles. The number of carboxylic acid groups (broad SMARTS) is 1. The van der Waals surface area contributed by atoms with Gasteiger partial charge in [-0.25, -0.2) is 0 Å². The van der Waals surface area contributed by atoms with Crippen molar-refractivity contribution in [1.29, 1.82) is 0 Å². The Morgan fingerprint density at radius 1 is 1.57 bits per heavy atom. The molecule has 14 heavy (non-hydrogen) atoms. The van der Waals surface area contributed by atoms with Crippen LogP contribution >= 0.6 is 27.7 Å². The maximum atomic E-state index is 10.3. The Morgan fingerprint density at radius 2 is 2.29 bits per heavy atom. The van der Waals surface area contributed by atoms with E-state index in [1.807, 2.05) is 25.1 Å². The van der Waals surface area contributed by atoms with E-state index in [9.17, 15) is 4.79 Å². The van der Waals surface area contributed by atoms with Gasteiger partial charge in [-0.1, -0.05) is 22.0 Å². The number of benzene rings is 1. The molecule has 1 N–H and O–H groups in total. The molecule has 1 aromatic rings. The van der Waals surface area contributed by atoms with Crippen molar-refractivity contribution < 1.29 is 9.90 Å². The van der Waals surface area contributed by atoms with E-state index in [0.29, 0.717) is 5.75 Å². The van der Waals surface area contributed by atoms with E-state index in [1.54, 1.807) is 11.8 Å². The smallest absolute Gasteiger partial charge is 0.304 e. The largest absolute Gasteiger partial charge is 0.481 e. The summed E-state index contributed by atoms with van der Waals surface area (Å²) in [5.41, 5.74) is 1.18. The highest BCUT2D eigenvalue weighted by Gasteiger charge is 2.02. The van der Waals surface area contributed by atoms with Crippen molar-refractivity contribution in [2.24, 2.45) is 0 Å². The summed E-state index contributed by atoms with van der Waals surface area (Å²) in [5, 5.41) is 8.49. The highest BCUT2D eigenvalue weighted by molar-refractivity contribution is 9.10. The molecule has 0 aromatic heterocycles. The van der Waals surface area contributed by atoms with Crippen LogP contribution < -0.4 is 0 Å². The highest BCUT2D eigenvalue weighted by Crippen LogP contribution is 2.26. The minimum atomic E-state index is -0.745. The molecule has 4 heteroatoms. The third-order valence-corrected chi connectivity index (χ3v) is 3.38. The monoisotopic (exact) mass is 274 g/mol. The van der Waals surface area contributed by atoms with Gasteiger partial charge in [0, 0.05) is 15.1 Å². The standard InChI is InChI=1S/C10H11BrO2S/c1-7-2-3-8(11)6-9(7)14-5-4-10(12)13/h2-3,6H,4-5H2,1H3,(H,12,13). The van der Waals surface area contributed by atoms with Crippen LogP contribution in [0, 0.1) is 6.92 Å². The Labute approximate surface area is 95.8 Å². The number of hydrogen-bond acceptors (Lipinski definition) is 2. The first-order chi connectivity index (χ1) is 6.59. The summed E-state index contributed by atoms with van der Waals surface area (Å²) in [6, 6.07) is 6.02. The van der Waals surface area contributed by atoms with Gasteiger partial charge in [0.1, 0.15) is 0 Å². The molecule has 0 bridgehead atoms. The van der Waals surface area contributed by atoms with E-state index in [2.05, 4.69) is 15.9 Å². The quantitative estimate of drug-likeness (QED) is 0.856. The molecule has 1 rings (SSSR count). The van der Waals surface area contributed by atoms with Crippen molar-refractivity contribution in [3.05, 3.63) is 28.2 Å².